The van der Waals surface area contributed by atoms with E-state index in [9.17, 15) is 14.0 Å². The van der Waals surface area contributed by atoms with Gasteiger partial charge in [-0.2, -0.15) is 0 Å². The molecule has 0 radical (unpaired) electrons. The van der Waals surface area contributed by atoms with Gasteiger partial charge in [0.25, 0.3) is 11.8 Å². The molecular formula is C20H21FN6O3. The summed E-state index contributed by atoms with van der Waals surface area (Å²) in [6.45, 7) is 2.21. The molecule has 1 N–H and O–H groups in total. The minimum absolute atomic E-state index is 0.0193. The summed E-state index contributed by atoms with van der Waals surface area (Å²) in [5.41, 5.74) is 1.27. The van der Waals surface area contributed by atoms with Crippen molar-refractivity contribution in [2.75, 3.05) is 6.54 Å². The Balaban J connectivity index is 1.39. The molecule has 1 aliphatic heterocycles. The van der Waals surface area contributed by atoms with E-state index in [1.54, 1.807) is 6.92 Å². The van der Waals surface area contributed by atoms with Crippen molar-refractivity contribution >= 4 is 11.8 Å². The highest BCUT2D eigenvalue weighted by Gasteiger charge is 2.37. The predicted octanol–water partition coefficient (Wildman–Crippen LogP) is 1.76. The van der Waals surface area contributed by atoms with Crippen LogP contribution in [0.3, 0.4) is 0 Å². The van der Waals surface area contributed by atoms with Crippen LogP contribution in [0.25, 0.3) is 0 Å². The van der Waals surface area contributed by atoms with Crippen molar-refractivity contribution < 1.29 is 18.4 Å². The molecule has 2 atom stereocenters. The van der Waals surface area contributed by atoms with E-state index in [0.29, 0.717) is 12.4 Å². The summed E-state index contributed by atoms with van der Waals surface area (Å²) < 4.78 is 20.6. The first kappa shape index (κ1) is 19.7. The third kappa shape index (κ3) is 4.37. The Hall–Kier alpha value is -3.56. The van der Waals surface area contributed by atoms with Crippen molar-refractivity contribution in [1.82, 2.24) is 30.2 Å². The van der Waals surface area contributed by atoms with Crippen LogP contribution in [0.4, 0.5) is 4.39 Å². The first-order chi connectivity index (χ1) is 14.5. The highest BCUT2D eigenvalue weighted by atomic mass is 19.1. The predicted molar refractivity (Wildman–Crippen MR) is 103 cm³/mol. The summed E-state index contributed by atoms with van der Waals surface area (Å²) in [5, 5.41) is 10.6. The van der Waals surface area contributed by atoms with Gasteiger partial charge in [0, 0.05) is 19.9 Å². The lowest BCUT2D eigenvalue weighted by atomic mass is 10.2. The van der Waals surface area contributed by atoms with Crippen LogP contribution < -0.4 is 5.32 Å². The maximum absolute atomic E-state index is 14.1. The summed E-state index contributed by atoms with van der Waals surface area (Å²) in [4.78, 5) is 30.4. The number of carbonyl (C=O) groups excluding carboxylic acids is 2. The molecule has 0 saturated carbocycles. The molecule has 156 valence electrons. The van der Waals surface area contributed by atoms with Gasteiger partial charge in [-0.25, -0.2) is 14.1 Å². The smallest absolute Gasteiger partial charge is 0.276 e. The second-order valence-corrected chi connectivity index (χ2v) is 7.19. The topological polar surface area (TPSA) is 106 Å². The van der Waals surface area contributed by atoms with Gasteiger partial charge in [-0.05, 0) is 5.56 Å². The number of nitrogens with zero attached hydrogens (tertiary/aromatic N) is 5. The first-order valence-corrected chi connectivity index (χ1v) is 9.59. The van der Waals surface area contributed by atoms with Crippen molar-refractivity contribution in [3.05, 3.63) is 65.6 Å². The lowest BCUT2D eigenvalue weighted by Crippen LogP contribution is -2.38. The standard InChI is InChI=1S/C20H21FN6O3/c1-13-23-18(12-30-13)20(29)27-9-15(21)7-16(27)10-26-11-17(24-25-26)19(28)22-8-14-5-3-2-4-6-14/h2-6,11-12,15-16H,7-10H2,1H3,(H,22,28)/t15-,16-/m0/s1. The minimum atomic E-state index is -1.14. The fourth-order valence-electron chi connectivity index (χ4n) is 3.47. The van der Waals surface area contributed by atoms with E-state index < -0.39 is 18.1 Å². The van der Waals surface area contributed by atoms with E-state index in [4.69, 9.17) is 4.42 Å². The van der Waals surface area contributed by atoms with Crippen LogP contribution in [0.5, 0.6) is 0 Å². The number of halogens is 1. The highest BCUT2D eigenvalue weighted by Crippen LogP contribution is 2.24. The molecule has 0 unspecified atom stereocenters. The van der Waals surface area contributed by atoms with Crippen LogP contribution >= 0.6 is 0 Å². The second kappa shape index (κ2) is 8.44. The van der Waals surface area contributed by atoms with Crippen LogP contribution in [-0.2, 0) is 13.1 Å². The van der Waals surface area contributed by atoms with E-state index in [2.05, 4.69) is 20.6 Å². The number of likely N-dealkylation sites (tertiary alicyclic amines) is 1. The number of amides is 2. The number of carbonyl (C=O) groups is 2. The van der Waals surface area contributed by atoms with Gasteiger partial charge in [0.15, 0.2) is 17.3 Å². The van der Waals surface area contributed by atoms with Gasteiger partial charge >= 0.3 is 0 Å². The molecule has 2 aromatic heterocycles. The van der Waals surface area contributed by atoms with Gasteiger partial charge in [-0.15, -0.1) is 5.10 Å². The molecule has 30 heavy (non-hydrogen) atoms. The second-order valence-electron chi connectivity index (χ2n) is 7.19. The van der Waals surface area contributed by atoms with E-state index in [0.717, 1.165) is 5.56 Å². The average Bonchev–Trinajstić information content (AvgIpc) is 3.47. The summed E-state index contributed by atoms with van der Waals surface area (Å²) in [6, 6.07) is 9.08. The monoisotopic (exact) mass is 412 g/mol. The normalized spacial score (nSPS) is 18.5. The molecule has 10 heteroatoms. The molecule has 1 aliphatic rings. The van der Waals surface area contributed by atoms with Crippen molar-refractivity contribution in [3.8, 4) is 0 Å². The van der Waals surface area contributed by atoms with Crippen molar-refractivity contribution in [3.63, 3.8) is 0 Å². The van der Waals surface area contributed by atoms with Gasteiger partial charge < -0.3 is 14.6 Å². The largest absolute Gasteiger partial charge is 0.448 e. The number of oxazole rings is 1. The summed E-state index contributed by atoms with van der Waals surface area (Å²) in [5.74, 6) is -0.378. The molecule has 0 bridgehead atoms. The molecule has 1 aromatic carbocycles. The van der Waals surface area contributed by atoms with E-state index in [-0.39, 0.29) is 36.8 Å². The maximum atomic E-state index is 14.1. The number of rotatable bonds is 6. The number of hydrogen-bond acceptors (Lipinski definition) is 6. The Labute approximate surface area is 171 Å². The molecule has 0 spiro atoms. The molecule has 0 aliphatic carbocycles. The van der Waals surface area contributed by atoms with E-state index in [1.807, 2.05) is 30.3 Å². The van der Waals surface area contributed by atoms with E-state index in [1.165, 1.54) is 22.0 Å². The number of nitrogens with one attached hydrogen (secondary N) is 1. The Bertz CT molecular complexity index is 1030. The minimum Gasteiger partial charge on any atom is -0.448 e. The fourth-order valence-corrected chi connectivity index (χ4v) is 3.47. The van der Waals surface area contributed by atoms with Gasteiger partial charge in [0.05, 0.1) is 25.3 Å². The number of hydrogen-bond donors (Lipinski definition) is 1. The molecule has 1 saturated heterocycles. The Kier molecular flexibility index (Phi) is 5.55. The SMILES string of the molecule is Cc1nc(C(=O)N2C[C@@H](F)C[C@H]2Cn2cc(C(=O)NCc3ccccc3)nn2)co1. The Morgan fingerprint density at radius 1 is 1.27 bits per heavy atom. The molecule has 9 nitrogen and oxygen atoms in total. The number of benzene rings is 1. The first-order valence-electron chi connectivity index (χ1n) is 9.59. The fraction of sp³-hybridized carbons (Fsp3) is 0.350. The third-order valence-electron chi connectivity index (χ3n) is 4.93. The van der Waals surface area contributed by atoms with E-state index >= 15 is 0 Å². The van der Waals surface area contributed by atoms with Gasteiger partial charge in [0.2, 0.25) is 0 Å². The highest BCUT2D eigenvalue weighted by molar-refractivity contribution is 5.92. The summed E-state index contributed by atoms with van der Waals surface area (Å²) >= 11 is 0. The van der Waals surface area contributed by atoms with Crippen LogP contribution in [0.1, 0.15) is 38.9 Å². The molecular weight excluding hydrogens is 391 g/mol. The molecule has 3 aromatic rings. The quantitative estimate of drug-likeness (QED) is 0.661. The van der Waals surface area contributed by atoms with Gasteiger partial charge in [-0.3, -0.25) is 9.59 Å². The zero-order valence-corrected chi connectivity index (χ0v) is 16.4. The van der Waals surface area contributed by atoms with Crippen molar-refractivity contribution in [2.45, 2.75) is 38.6 Å². The number of alkyl halides is 1. The lowest BCUT2D eigenvalue weighted by Gasteiger charge is -2.23. The molecule has 4 rings (SSSR count). The molecule has 1 fully saturated rings. The van der Waals surface area contributed by atoms with Crippen molar-refractivity contribution in [2.24, 2.45) is 0 Å². The number of aryl methyl sites for hydroxylation is 1. The van der Waals surface area contributed by atoms with Crippen molar-refractivity contribution in [1.29, 1.82) is 0 Å². The van der Waals surface area contributed by atoms with Crippen LogP contribution in [0, 0.1) is 6.92 Å². The molecule has 3 heterocycles. The Morgan fingerprint density at radius 3 is 2.80 bits per heavy atom. The molecule has 2 amide bonds. The summed E-state index contributed by atoms with van der Waals surface area (Å²) in [7, 11) is 0. The third-order valence-corrected chi connectivity index (χ3v) is 4.93. The lowest BCUT2D eigenvalue weighted by molar-refractivity contribution is 0.0708. The number of aromatic nitrogens is 4. The van der Waals surface area contributed by atoms with Gasteiger partial charge in [-0.1, -0.05) is 35.5 Å². The zero-order valence-electron chi connectivity index (χ0n) is 16.4. The van der Waals surface area contributed by atoms with Crippen LogP contribution in [0.2, 0.25) is 0 Å². The average molecular weight is 412 g/mol. The van der Waals surface area contributed by atoms with Crippen LogP contribution in [-0.4, -0.2) is 55.5 Å². The maximum Gasteiger partial charge on any atom is 0.276 e. The zero-order chi connectivity index (χ0) is 21.1. The Morgan fingerprint density at radius 2 is 2.07 bits per heavy atom. The van der Waals surface area contributed by atoms with Crippen LogP contribution in [0.15, 0.2) is 47.2 Å². The summed E-state index contributed by atoms with van der Waals surface area (Å²) in [6.07, 6.45) is 1.81. The van der Waals surface area contributed by atoms with Gasteiger partial charge in [0.1, 0.15) is 12.4 Å².